The predicted octanol–water partition coefficient (Wildman–Crippen LogP) is 1.92. The Morgan fingerprint density at radius 1 is 0.950 bits per heavy atom. The summed E-state index contributed by atoms with van der Waals surface area (Å²) in [7, 11) is 0. The molecule has 0 saturated carbocycles. The summed E-state index contributed by atoms with van der Waals surface area (Å²) in [5.74, 6) is -1.20. The number of benzene rings is 2. The monoisotopic (exact) mass is 269 g/mol. The molecule has 2 N–H and O–H groups in total. The fourth-order valence-corrected chi connectivity index (χ4v) is 1.90. The van der Waals surface area contributed by atoms with Gasteiger partial charge in [-0.15, -0.1) is 0 Å². The zero-order chi connectivity index (χ0) is 14.4. The standard InChI is InChI=1S/C16H15NO3/c17-15(18)11-20-16(19)14-9-5-4-8-13(14)10-12-6-2-1-3-7-12/h1-9H,10-11H2,(H2,17,18). The minimum absolute atomic E-state index is 0.404. The lowest BCUT2D eigenvalue weighted by Gasteiger charge is -2.09. The van der Waals surface area contributed by atoms with Crippen LogP contribution in [-0.4, -0.2) is 18.5 Å². The Labute approximate surface area is 117 Å². The SMILES string of the molecule is NC(=O)COC(=O)c1ccccc1Cc1ccccc1. The van der Waals surface area contributed by atoms with Gasteiger partial charge in [-0.3, -0.25) is 4.79 Å². The first-order valence-electron chi connectivity index (χ1n) is 6.24. The van der Waals surface area contributed by atoms with Crippen LogP contribution in [0.1, 0.15) is 21.5 Å². The first-order valence-corrected chi connectivity index (χ1v) is 6.24. The van der Waals surface area contributed by atoms with Crippen LogP contribution in [0.25, 0.3) is 0 Å². The molecule has 0 aliphatic carbocycles. The Hall–Kier alpha value is -2.62. The number of carbonyl (C=O) groups excluding carboxylic acids is 2. The summed E-state index contributed by atoms with van der Waals surface area (Å²) in [6.45, 7) is -0.404. The lowest BCUT2D eigenvalue weighted by molar-refractivity contribution is -0.121. The molecule has 2 aromatic carbocycles. The Morgan fingerprint density at radius 2 is 1.60 bits per heavy atom. The van der Waals surface area contributed by atoms with E-state index in [9.17, 15) is 9.59 Å². The molecule has 0 atom stereocenters. The second-order valence-electron chi connectivity index (χ2n) is 4.36. The van der Waals surface area contributed by atoms with Crippen LogP contribution in [0, 0.1) is 0 Å². The lowest BCUT2D eigenvalue weighted by Crippen LogP contribution is -2.21. The first-order chi connectivity index (χ1) is 9.66. The number of hydrogen-bond acceptors (Lipinski definition) is 3. The summed E-state index contributed by atoms with van der Waals surface area (Å²) in [6, 6.07) is 17.0. The van der Waals surface area contributed by atoms with Gasteiger partial charge < -0.3 is 10.5 Å². The van der Waals surface area contributed by atoms with E-state index in [0.29, 0.717) is 12.0 Å². The van der Waals surface area contributed by atoms with Gasteiger partial charge in [0.15, 0.2) is 6.61 Å². The lowest BCUT2D eigenvalue weighted by atomic mass is 10.00. The molecule has 0 bridgehead atoms. The average Bonchev–Trinajstić information content (AvgIpc) is 2.46. The molecule has 20 heavy (non-hydrogen) atoms. The van der Waals surface area contributed by atoms with Crippen LogP contribution < -0.4 is 5.73 Å². The van der Waals surface area contributed by atoms with Crippen LogP contribution >= 0.6 is 0 Å². The van der Waals surface area contributed by atoms with Gasteiger partial charge in [0.25, 0.3) is 5.91 Å². The summed E-state index contributed by atoms with van der Waals surface area (Å²) < 4.78 is 4.85. The molecule has 102 valence electrons. The van der Waals surface area contributed by atoms with Crippen molar-refractivity contribution in [2.45, 2.75) is 6.42 Å². The van der Waals surface area contributed by atoms with Crippen molar-refractivity contribution in [3.63, 3.8) is 0 Å². The first kappa shape index (κ1) is 13.8. The van der Waals surface area contributed by atoms with E-state index in [4.69, 9.17) is 10.5 Å². The third-order valence-electron chi connectivity index (χ3n) is 2.82. The minimum atomic E-state index is -0.668. The number of ether oxygens (including phenoxy) is 1. The zero-order valence-electron chi connectivity index (χ0n) is 10.9. The van der Waals surface area contributed by atoms with Crippen molar-refractivity contribution in [2.24, 2.45) is 5.73 Å². The van der Waals surface area contributed by atoms with Gasteiger partial charge in [-0.2, -0.15) is 0 Å². The normalized spacial score (nSPS) is 10.0. The van der Waals surface area contributed by atoms with Crippen LogP contribution in [0.15, 0.2) is 54.6 Å². The predicted molar refractivity (Wildman–Crippen MR) is 75.2 cm³/mol. The number of hydrogen-bond donors (Lipinski definition) is 1. The van der Waals surface area contributed by atoms with Gasteiger partial charge in [0.1, 0.15) is 0 Å². The van der Waals surface area contributed by atoms with E-state index >= 15 is 0 Å². The molecule has 2 aromatic rings. The van der Waals surface area contributed by atoms with Gasteiger partial charge in [-0.25, -0.2) is 4.79 Å². The number of carbonyl (C=O) groups is 2. The molecule has 0 heterocycles. The quantitative estimate of drug-likeness (QED) is 0.843. The van der Waals surface area contributed by atoms with E-state index in [0.717, 1.165) is 11.1 Å². The van der Waals surface area contributed by atoms with E-state index in [1.807, 2.05) is 42.5 Å². The zero-order valence-corrected chi connectivity index (χ0v) is 10.9. The molecule has 4 nitrogen and oxygen atoms in total. The summed E-state index contributed by atoms with van der Waals surface area (Å²) in [6.07, 6.45) is 0.628. The number of amides is 1. The molecule has 0 unspecified atom stereocenters. The van der Waals surface area contributed by atoms with Crippen molar-refractivity contribution < 1.29 is 14.3 Å². The van der Waals surface area contributed by atoms with Gasteiger partial charge in [0.05, 0.1) is 5.56 Å². The number of rotatable bonds is 5. The molecular weight excluding hydrogens is 254 g/mol. The highest BCUT2D eigenvalue weighted by molar-refractivity contribution is 5.92. The molecule has 1 amide bonds. The number of esters is 1. The van der Waals surface area contributed by atoms with Gasteiger partial charge in [0.2, 0.25) is 0 Å². The maximum atomic E-state index is 11.9. The van der Waals surface area contributed by atoms with Crippen LogP contribution in [0.2, 0.25) is 0 Å². The van der Waals surface area contributed by atoms with Crippen LogP contribution in [-0.2, 0) is 16.0 Å². The molecule has 0 spiro atoms. The van der Waals surface area contributed by atoms with Crippen LogP contribution in [0.4, 0.5) is 0 Å². The van der Waals surface area contributed by atoms with Crippen molar-refractivity contribution >= 4 is 11.9 Å². The summed E-state index contributed by atoms with van der Waals surface area (Å²) in [5.41, 5.74) is 7.37. The van der Waals surface area contributed by atoms with Crippen molar-refractivity contribution in [3.05, 3.63) is 71.3 Å². The molecule has 0 saturated heterocycles. The third-order valence-corrected chi connectivity index (χ3v) is 2.82. The second-order valence-corrected chi connectivity index (χ2v) is 4.36. The minimum Gasteiger partial charge on any atom is -0.452 e. The summed E-state index contributed by atoms with van der Waals surface area (Å²) in [4.78, 5) is 22.6. The Bertz CT molecular complexity index is 608. The van der Waals surface area contributed by atoms with Crippen molar-refractivity contribution in [2.75, 3.05) is 6.61 Å². The van der Waals surface area contributed by atoms with Crippen molar-refractivity contribution in [1.82, 2.24) is 0 Å². The smallest absolute Gasteiger partial charge is 0.338 e. The number of primary amides is 1. The number of nitrogens with two attached hydrogens (primary N) is 1. The van der Waals surface area contributed by atoms with E-state index < -0.39 is 18.5 Å². The molecule has 4 heteroatoms. The van der Waals surface area contributed by atoms with E-state index in [2.05, 4.69) is 0 Å². The average molecular weight is 269 g/mol. The molecule has 2 rings (SSSR count). The van der Waals surface area contributed by atoms with Gasteiger partial charge in [-0.1, -0.05) is 48.5 Å². The van der Waals surface area contributed by atoms with Crippen molar-refractivity contribution in [3.8, 4) is 0 Å². The fraction of sp³-hybridized carbons (Fsp3) is 0.125. The topological polar surface area (TPSA) is 69.4 Å². The van der Waals surface area contributed by atoms with Crippen LogP contribution in [0.3, 0.4) is 0 Å². The summed E-state index contributed by atoms with van der Waals surface area (Å²) >= 11 is 0. The molecule has 0 fully saturated rings. The molecule has 0 aliphatic heterocycles. The van der Waals surface area contributed by atoms with Crippen LogP contribution in [0.5, 0.6) is 0 Å². The summed E-state index contributed by atoms with van der Waals surface area (Å²) in [5, 5.41) is 0. The molecule has 0 aliphatic rings. The van der Waals surface area contributed by atoms with Crippen molar-refractivity contribution in [1.29, 1.82) is 0 Å². The maximum Gasteiger partial charge on any atom is 0.338 e. The van der Waals surface area contributed by atoms with E-state index in [1.54, 1.807) is 12.1 Å². The van der Waals surface area contributed by atoms with E-state index in [-0.39, 0.29) is 0 Å². The molecule has 0 radical (unpaired) electrons. The van der Waals surface area contributed by atoms with Gasteiger partial charge >= 0.3 is 5.97 Å². The Kier molecular flexibility index (Phi) is 4.50. The van der Waals surface area contributed by atoms with Gasteiger partial charge in [-0.05, 0) is 23.6 Å². The fourth-order valence-electron chi connectivity index (χ4n) is 1.90. The highest BCUT2D eigenvalue weighted by Crippen LogP contribution is 2.15. The second kappa shape index (κ2) is 6.52. The molecule has 0 aromatic heterocycles. The highest BCUT2D eigenvalue weighted by atomic mass is 16.5. The Balaban J connectivity index is 2.18. The van der Waals surface area contributed by atoms with Gasteiger partial charge in [0, 0.05) is 0 Å². The van der Waals surface area contributed by atoms with E-state index in [1.165, 1.54) is 0 Å². The largest absolute Gasteiger partial charge is 0.452 e. The molecular formula is C16H15NO3. The Morgan fingerprint density at radius 3 is 2.30 bits per heavy atom. The highest BCUT2D eigenvalue weighted by Gasteiger charge is 2.13. The third kappa shape index (κ3) is 3.68. The maximum absolute atomic E-state index is 11.9.